The highest BCUT2D eigenvalue weighted by Crippen LogP contribution is 2.23. The standard InChI is InChI=1S/C16H25NO3/c1-6-14(17-4)12-7-9-13(10-8-12)20-11-16(2,3)15(18)19-5/h7-10,14,17H,6,11H2,1-5H3. The van der Waals surface area contributed by atoms with Crippen LogP contribution in [0.25, 0.3) is 0 Å². The van der Waals surface area contributed by atoms with Crippen molar-refractivity contribution in [1.82, 2.24) is 5.32 Å². The topological polar surface area (TPSA) is 47.6 Å². The minimum atomic E-state index is -0.648. The average Bonchev–Trinajstić information content (AvgIpc) is 2.46. The van der Waals surface area contributed by atoms with Crippen molar-refractivity contribution in [2.75, 3.05) is 20.8 Å². The molecule has 1 unspecified atom stereocenters. The zero-order valence-electron chi connectivity index (χ0n) is 13.0. The maximum absolute atomic E-state index is 11.6. The van der Waals surface area contributed by atoms with E-state index in [1.54, 1.807) is 13.8 Å². The summed E-state index contributed by atoms with van der Waals surface area (Å²) < 4.78 is 10.4. The van der Waals surface area contributed by atoms with Gasteiger partial charge < -0.3 is 14.8 Å². The lowest BCUT2D eigenvalue weighted by molar-refractivity contribution is -0.152. The molecule has 1 N–H and O–H groups in total. The van der Waals surface area contributed by atoms with E-state index in [0.29, 0.717) is 12.6 Å². The smallest absolute Gasteiger partial charge is 0.314 e. The van der Waals surface area contributed by atoms with Gasteiger partial charge in [-0.1, -0.05) is 19.1 Å². The number of esters is 1. The summed E-state index contributed by atoms with van der Waals surface area (Å²) in [6, 6.07) is 8.32. The number of hydrogen-bond donors (Lipinski definition) is 1. The van der Waals surface area contributed by atoms with Gasteiger partial charge >= 0.3 is 5.97 Å². The first-order chi connectivity index (χ1) is 9.44. The summed E-state index contributed by atoms with van der Waals surface area (Å²) in [7, 11) is 3.35. The lowest BCUT2D eigenvalue weighted by Gasteiger charge is -2.22. The van der Waals surface area contributed by atoms with Crippen molar-refractivity contribution in [2.45, 2.75) is 33.2 Å². The predicted octanol–water partition coefficient (Wildman–Crippen LogP) is 2.94. The molecule has 0 aliphatic heterocycles. The van der Waals surface area contributed by atoms with E-state index in [1.807, 2.05) is 31.3 Å². The van der Waals surface area contributed by atoms with E-state index in [2.05, 4.69) is 12.2 Å². The molecule has 20 heavy (non-hydrogen) atoms. The Morgan fingerprint density at radius 1 is 1.30 bits per heavy atom. The van der Waals surface area contributed by atoms with Crippen molar-refractivity contribution >= 4 is 5.97 Å². The number of rotatable bonds is 7. The molecule has 0 fully saturated rings. The van der Waals surface area contributed by atoms with Crippen molar-refractivity contribution in [3.8, 4) is 5.75 Å². The van der Waals surface area contributed by atoms with Crippen LogP contribution in [0.2, 0.25) is 0 Å². The minimum absolute atomic E-state index is 0.268. The minimum Gasteiger partial charge on any atom is -0.492 e. The number of hydrogen-bond acceptors (Lipinski definition) is 4. The van der Waals surface area contributed by atoms with E-state index >= 15 is 0 Å². The van der Waals surface area contributed by atoms with Gasteiger partial charge in [-0.05, 0) is 45.0 Å². The third kappa shape index (κ3) is 4.23. The second-order valence-electron chi connectivity index (χ2n) is 5.48. The van der Waals surface area contributed by atoms with Crippen LogP contribution in [0.4, 0.5) is 0 Å². The fourth-order valence-corrected chi connectivity index (χ4v) is 2.00. The summed E-state index contributed by atoms with van der Waals surface area (Å²) in [5, 5.41) is 3.26. The van der Waals surface area contributed by atoms with Gasteiger partial charge in [0.1, 0.15) is 12.4 Å². The van der Waals surface area contributed by atoms with Crippen LogP contribution in [-0.2, 0) is 9.53 Å². The predicted molar refractivity (Wildman–Crippen MR) is 79.8 cm³/mol. The number of carbonyl (C=O) groups is 1. The monoisotopic (exact) mass is 279 g/mol. The van der Waals surface area contributed by atoms with Crippen LogP contribution < -0.4 is 10.1 Å². The molecule has 0 spiro atoms. The van der Waals surface area contributed by atoms with E-state index < -0.39 is 5.41 Å². The van der Waals surface area contributed by atoms with E-state index in [4.69, 9.17) is 9.47 Å². The molecule has 0 aliphatic rings. The van der Waals surface area contributed by atoms with Crippen LogP contribution >= 0.6 is 0 Å². The zero-order chi connectivity index (χ0) is 15.2. The molecule has 0 heterocycles. The van der Waals surface area contributed by atoms with Crippen molar-refractivity contribution in [3.63, 3.8) is 0 Å². The van der Waals surface area contributed by atoms with Gasteiger partial charge in [-0.15, -0.1) is 0 Å². The Balaban J connectivity index is 2.64. The molecular weight excluding hydrogens is 254 g/mol. The molecule has 1 atom stereocenters. The Morgan fingerprint density at radius 2 is 1.90 bits per heavy atom. The number of carbonyl (C=O) groups excluding carboxylic acids is 1. The van der Waals surface area contributed by atoms with Crippen LogP contribution in [0, 0.1) is 5.41 Å². The summed E-state index contributed by atoms with van der Waals surface area (Å²) in [5.41, 5.74) is 0.583. The molecule has 1 aromatic rings. The van der Waals surface area contributed by atoms with Crippen LogP contribution in [-0.4, -0.2) is 26.7 Å². The third-order valence-electron chi connectivity index (χ3n) is 3.38. The summed E-state index contributed by atoms with van der Waals surface area (Å²) in [6.07, 6.45) is 1.03. The van der Waals surface area contributed by atoms with Gasteiger partial charge in [0.2, 0.25) is 0 Å². The average molecular weight is 279 g/mol. The number of methoxy groups -OCH3 is 1. The van der Waals surface area contributed by atoms with Gasteiger partial charge in [0.25, 0.3) is 0 Å². The quantitative estimate of drug-likeness (QED) is 0.780. The number of nitrogens with one attached hydrogen (secondary N) is 1. The summed E-state index contributed by atoms with van der Waals surface area (Å²) in [6.45, 7) is 6.05. The van der Waals surface area contributed by atoms with Crippen LogP contribution in [0.15, 0.2) is 24.3 Å². The lowest BCUT2D eigenvalue weighted by Crippen LogP contribution is -2.32. The zero-order valence-corrected chi connectivity index (χ0v) is 13.0. The molecule has 4 nitrogen and oxygen atoms in total. The number of ether oxygens (including phenoxy) is 2. The van der Waals surface area contributed by atoms with Crippen LogP contribution in [0.3, 0.4) is 0 Å². The first kappa shape index (κ1) is 16.5. The lowest BCUT2D eigenvalue weighted by atomic mass is 9.95. The van der Waals surface area contributed by atoms with E-state index in [0.717, 1.165) is 12.2 Å². The summed E-state index contributed by atoms with van der Waals surface area (Å²) in [5.74, 6) is 0.493. The first-order valence-corrected chi connectivity index (χ1v) is 6.93. The van der Waals surface area contributed by atoms with Gasteiger partial charge in [0, 0.05) is 6.04 Å². The molecule has 1 aromatic carbocycles. The second kappa shape index (κ2) is 7.29. The molecule has 4 heteroatoms. The third-order valence-corrected chi connectivity index (χ3v) is 3.38. The molecule has 0 amide bonds. The summed E-state index contributed by atoms with van der Waals surface area (Å²) >= 11 is 0. The highest BCUT2D eigenvalue weighted by molar-refractivity contribution is 5.75. The normalized spacial score (nSPS) is 12.8. The molecular formula is C16H25NO3. The van der Waals surface area contributed by atoms with Gasteiger partial charge in [-0.25, -0.2) is 0 Å². The Hall–Kier alpha value is -1.55. The fraction of sp³-hybridized carbons (Fsp3) is 0.562. The van der Waals surface area contributed by atoms with Crippen LogP contribution in [0.1, 0.15) is 38.8 Å². The number of benzene rings is 1. The summed E-state index contributed by atoms with van der Waals surface area (Å²) in [4.78, 5) is 11.6. The molecule has 0 radical (unpaired) electrons. The molecule has 0 bridgehead atoms. The van der Waals surface area contributed by atoms with Crippen molar-refractivity contribution in [2.24, 2.45) is 5.41 Å². The Kier molecular flexibility index (Phi) is 6.02. The van der Waals surface area contributed by atoms with Crippen molar-refractivity contribution in [3.05, 3.63) is 29.8 Å². The van der Waals surface area contributed by atoms with Gasteiger partial charge in [-0.3, -0.25) is 4.79 Å². The largest absolute Gasteiger partial charge is 0.492 e. The molecule has 0 saturated heterocycles. The van der Waals surface area contributed by atoms with Gasteiger partial charge in [-0.2, -0.15) is 0 Å². The van der Waals surface area contributed by atoms with E-state index in [9.17, 15) is 4.79 Å². The maximum atomic E-state index is 11.6. The molecule has 0 aliphatic carbocycles. The molecule has 112 valence electrons. The van der Waals surface area contributed by atoms with E-state index in [-0.39, 0.29) is 5.97 Å². The van der Waals surface area contributed by atoms with Crippen molar-refractivity contribution < 1.29 is 14.3 Å². The molecule has 1 rings (SSSR count). The molecule has 0 aromatic heterocycles. The van der Waals surface area contributed by atoms with E-state index in [1.165, 1.54) is 12.7 Å². The highest BCUT2D eigenvalue weighted by Gasteiger charge is 2.29. The van der Waals surface area contributed by atoms with Crippen LogP contribution in [0.5, 0.6) is 5.75 Å². The first-order valence-electron chi connectivity index (χ1n) is 6.93. The Bertz CT molecular complexity index is 422. The van der Waals surface area contributed by atoms with Crippen molar-refractivity contribution in [1.29, 1.82) is 0 Å². The molecule has 0 saturated carbocycles. The van der Waals surface area contributed by atoms with Gasteiger partial charge in [0.15, 0.2) is 0 Å². The maximum Gasteiger partial charge on any atom is 0.314 e. The van der Waals surface area contributed by atoms with Gasteiger partial charge in [0.05, 0.1) is 12.5 Å². The highest BCUT2D eigenvalue weighted by atomic mass is 16.5. The fourth-order valence-electron chi connectivity index (χ4n) is 2.00. The Labute approximate surface area is 121 Å². The Morgan fingerprint density at radius 3 is 2.35 bits per heavy atom. The second-order valence-corrected chi connectivity index (χ2v) is 5.48. The SMILES string of the molecule is CCC(NC)c1ccc(OCC(C)(C)C(=O)OC)cc1.